The van der Waals surface area contributed by atoms with E-state index in [4.69, 9.17) is 4.52 Å². The quantitative estimate of drug-likeness (QED) is 0.669. The summed E-state index contributed by atoms with van der Waals surface area (Å²) in [6, 6.07) is 10.1. The summed E-state index contributed by atoms with van der Waals surface area (Å²) < 4.78 is 5.95. The van der Waals surface area contributed by atoms with Crippen LogP contribution in [0.1, 0.15) is 13.3 Å². The number of para-hydroxylation sites is 1. The van der Waals surface area contributed by atoms with E-state index >= 15 is 0 Å². The molecule has 0 saturated carbocycles. The highest BCUT2D eigenvalue weighted by Gasteiger charge is 2.26. The monoisotopic (exact) mass is 197 g/mol. The van der Waals surface area contributed by atoms with E-state index in [0.29, 0.717) is 0 Å². The van der Waals surface area contributed by atoms with Gasteiger partial charge in [-0.25, -0.2) is 0 Å². The molecule has 0 spiro atoms. The van der Waals surface area contributed by atoms with Crippen molar-refractivity contribution in [3.8, 4) is 5.75 Å². The summed E-state index contributed by atoms with van der Waals surface area (Å²) in [5, 5.41) is 0. The summed E-state index contributed by atoms with van der Waals surface area (Å²) in [4.78, 5) is 0. The van der Waals surface area contributed by atoms with Gasteiger partial charge in [-0.05, 0) is 18.6 Å². The molecule has 1 nitrogen and oxygen atoms in total. The number of rotatable bonds is 4. The van der Waals surface area contributed by atoms with Crippen LogP contribution in [0.3, 0.4) is 0 Å². The lowest BCUT2D eigenvalue weighted by atomic mass is 10.3. The van der Waals surface area contributed by atoms with Gasteiger partial charge in [-0.3, -0.25) is 0 Å². The normalized spacial score (nSPS) is 11.3. The molecule has 0 radical (unpaired) electrons. The molecule has 0 N–H and O–H groups in total. The smallest absolute Gasteiger partial charge is 0.185 e. The Bertz CT molecular complexity index is 244. The summed E-state index contributed by atoms with van der Waals surface area (Å²) >= 11 is 0. The van der Waals surface area contributed by atoms with E-state index in [1.165, 1.54) is 12.6 Å². The van der Waals surface area contributed by atoms with Crippen molar-refractivity contribution in [1.29, 1.82) is 0 Å². The third-order valence-corrected chi connectivity index (χ3v) is 4.09. The van der Waals surface area contributed by atoms with Gasteiger partial charge in [0.1, 0.15) is 0 Å². The molecule has 0 bridgehead atoms. The van der Waals surface area contributed by atoms with Crippen LogP contribution in [-0.2, 0) is 0 Å². The van der Waals surface area contributed by atoms with E-state index in [0.717, 1.165) is 5.75 Å². The Balaban J connectivity index is 2.58. The van der Waals surface area contributed by atoms with Gasteiger partial charge in [-0.2, -0.15) is 0 Å². The maximum absolute atomic E-state index is 5.95. The Labute approximate surface area is 81.5 Å². The Morgan fingerprint density at radius 2 is 1.77 bits per heavy atom. The maximum Gasteiger partial charge on any atom is 0.185 e. The van der Waals surface area contributed by atoms with Crippen molar-refractivity contribution in [3.05, 3.63) is 30.3 Å². The van der Waals surface area contributed by atoms with E-state index in [9.17, 15) is 0 Å². The molecule has 0 aliphatic carbocycles. The SMILES string of the molecule is CCC[P+](C)(C)Oc1ccccc1. The van der Waals surface area contributed by atoms with Crippen molar-refractivity contribution >= 4 is 7.49 Å². The zero-order valence-corrected chi connectivity index (χ0v) is 9.55. The summed E-state index contributed by atoms with van der Waals surface area (Å²) in [6.07, 6.45) is 2.40. The lowest BCUT2D eigenvalue weighted by Crippen LogP contribution is -2.02. The molecule has 0 aromatic heterocycles. The molecule has 13 heavy (non-hydrogen) atoms. The van der Waals surface area contributed by atoms with Gasteiger partial charge < -0.3 is 4.52 Å². The average Bonchev–Trinajstić information content (AvgIpc) is 2.04. The molecule has 1 rings (SSSR count). The van der Waals surface area contributed by atoms with Crippen molar-refractivity contribution in [2.24, 2.45) is 0 Å². The molecule has 2 heteroatoms. The molecular formula is C11H18OP+. The van der Waals surface area contributed by atoms with Crippen molar-refractivity contribution in [2.45, 2.75) is 13.3 Å². The minimum absolute atomic E-state index is 1.01. The highest BCUT2D eigenvalue weighted by molar-refractivity contribution is 7.70. The molecule has 0 atom stereocenters. The van der Waals surface area contributed by atoms with Gasteiger partial charge in [0.05, 0.1) is 19.5 Å². The standard InChI is InChI=1S/C11H18OP/c1-4-10-13(2,3)12-11-8-6-5-7-9-11/h5-9H,4,10H2,1-3H3/q+1. The lowest BCUT2D eigenvalue weighted by Gasteiger charge is -2.16. The average molecular weight is 197 g/mol. The highest BCUT2D eigenvalue weighted by Crippen LogP contribution is 2.52. The minimum atomic E-state index is -1.16. The predicted molar refractivity (Wildman–Crippen MR) is 61.0 cm³/mol. The first-order chi connectivity index (χ1) is 6.14. The molecule has 0 aliphatic rings. The van der Waals surface area contributed by atoms with E-state index in [-0.39, 0.29) is 0 Å². The van der Waals surface area contributed by atoms with Crippen LogP contribution in [-0.4, -0.2) is 19.5 Å². The van der Waals surface area contributed by atoms with Gasteiger partial charge in [0.2, 0.25) is 0 Å². The van der Waals surface area contributed by atoms with Crippen LogP contribution in [0.25, 0.3) is 0 Å². The fraction of sp³-hybridized carbons (Fsp3) is 0.455. The maximum atomic E-state index is 5.95. The van der Waals surface area contributed by atoms with E-state index in [2.05, 4.69) is 20.3 Å². The molecule has 0 amide bonds. The second kappa shape index (κ2) is 4.62. The zero-order valence-electron chi connectivity index (χ0n) is 8.66. The topological polar surface area (TPSA) is 9.23 Å². The molecule has 0 unspecified atom stereocenters. The fourth-order valence-corrected chi connectivity index (χ4v) is 3.21. The van der Waals surface area contributed by atoms with Crippen molar-refractivity contribution in [3.63, 3.8) is 0 Å². The van der Waals surface area contributed by atoms with Crippen LogP contribution < -0.4 is 4.52 Å². The van der Waals surface area contributed by atoms with Crippen LogP contribution in [0.2, 0.25) is 0 Å². The number of hydrogen-bond donors (Lipinski definition) is 0. The van der Waals surface area contributed by atoms with E-state index in [1.807, 2.05) is 30.3 Å². The van der Waals surface area contributed by atoms with Crippen molar-refractivity contribution in [2.75, 3.05) is 19.5 Å². The number of benzene rings is 1. The third kappa shape index (κ3) is 3.78. The Kier molecular flexibility index (Phi) is 3.74. The Morgan fingerprint density at radius 3 is 2.31 bits per heavy atom. The summed E-state index contributed by atoms with van der Waals surface area (Å²) in [7, 11) is -1.16. The molecule has 72 valence electrons. The summed E-state index contributed by atoms with van der Waals surface area (Å²) in [6.45, 7) is 6.68. The second-order valence-corrected chi connectivity index (χ2v) is 7.48. The van der Waals surface area contributed by atoms with Gasteiger partial charge in [-0.1, -0.05) is 25.1 Å². The third-order valence-electron chi connectivity index (χ3n) is 1.86. The minimum Gasteiger partial charge on any atom is -0.351 e. The molecule has 0 fully saturated rings. The van der Waals surface area contributed by atoms with Crippen molar-refractivity contribution < 1.29 is 4.52 Å². The van der Waals surface area contributed by atoms with Crippen molar-refractivity contribution in [1.82, 2.24) is 0 Å². The van der Waals surface area contributed by atoms with Crippen LogP contribution in [0.5, 0.6) is 5.75 Å². The van der Waals surface area contributed by atoms with Crippen LogP contribution in [0.15, 0.2) is 30.3 Å². The molecule has 0 heterocycles. The zero-order chi connectivity index (χ0) is 9.73. The molecular weight excluding hydrogens is 179 g/mol. The van der Waals surface area contributed by atoms with Crippen LogP contribution >= 0.6 is 7.49 Å². The largest absolute Gasteiger partial charge is 0.351 e. The lowest BCUT2D eigenvalue weighted by molar-refractivity contribution is 0.601. The molecule has 1 aromatic carbocycles. The van der Waals surface area contributed by atoms with Gasteiger partial charge in [0.25, 0.3) is 0 Å². The molecule has 0 saturated heterocycles. The first-order valence-electron chi connectivity index (χ1n) is 4.72. The first kappa shape index (κ1) is 10.5. The number of hydrogen-bond acceptors (Lipinski definition) is 1. The summed E-state index contributed by atoms with van der Waals surface area (Å²) in [5.74, 6) is 1.01. The van der Waals surface area contributed by atoms with Gasteiger partial charge in [-0.15, -0.1) is 0 Å². The second-order valence-electron chi connectivity index (χ2n) is 3.70. The van der Waals surface area contributed by atoms with Gasteiger partial charge in [0.15, 0.2) is 13.2 Å². The van der Waals surface area contributed by atoms with Gasteiger partial charge >= 0.3 is 0 Å². The molecule has 0 aliphatic heterocycles. The van der Waals surface area contributed by atoms with E-state index in [1.54, 1.807) is 0 Å². The van der Waals surface area contributed by atoms with Crippen LogP contribution in [0.4, 0.5) is 0 Å². The first-order valence-corrected chi connectivity index (χ1v) is 7.50. The molecule has 1 aromatic rings. The summed E-state index contributed by atoms with van der Waals surface area (Å²) in [5.41, 5.74) is 0. The predicted octanol–water partition coefficient (Wildman–Crippen LogP) is 3.67. The van der Waals surface area contributed by atoms with Crippen LogP contribution in [0, 0.1) is 0 Å². The fourth-order valence-electron chi connectivity index (χ4n) is 1.35. The Morgan fingerprint density at radius 1 is 1.15 bits per heavy atom. The van der Waals surface area contributed by atoms with E-state index < -0.39 is 7.49 Å². The van der Waals surface area contributed by atoms with Gasteiger partial charge in [0, 0.05) is 0 Å². The highest BCUT2D eigenvalue weighted by atomic mass is 31.2. The Hall–Kier alpha value is -0.550.